The maximum Gasteiger partial charge on any atom is 0.121 e. The molecule has 2 N–H and O–H groups in total. The largest absolute Gasteiger partial charge is 0.393 e. The molecule has 1 aliphatic rings. The first-order chi connectivity index (χ1) is 12.2. The molecule has 0 bridgehead atoms. The fourth-order valence-electron chi connectivity index (χ4n) is 3.51. The average molecular weight is 338 g/mol. The number of pyridine rings is 1. The van der Waals surface area contributed by atoms with Crippen LogP contribution in [0.1, 0.15) is 29.5 Å². The summed E-state index contributed by atoms with van der Waals surface area (Å²) in [5.41, 5.74) is 2.93. The van der Waals surface area contributed by atoms with Gasteiger partial charge < -0.3 is 10.2 Å². The molecule has 2 aromatic heterocycles. The number of aliphatic hydroxyl groups excluding tert-OH is 2. The van der Waals surface area contributed by atoms with Gasteiger partial charge in [0.1, 0.15) is 6.10 Å². The van der Waals surface area contributed by atoms with E-state index in [-0.39, 0.29) is 6.61 Å². The van der Waals surface area contributed by atoms with Crippen molar-refractivity contribution >= 4 is 10.8 Å². The van der Waals surface area contributed by atoms with Gasteiger partial charge in [-0.1, -0.05) is 18.2 Å². The molecule has 0 saturated carbocycles. The summed E-state index contributed by atoms with van der Waals surface area (Å²) in [6.45, 7) is 3.19. The molecule has 0 saturated heterocycles. The molecule has 6 nitrogen and oxygen atoms in total. The highest BCUT2D eigenvalue weighted by atomic mass is 16.3. The summed E-state index contributed by atoms with van der Waals surface area (Å²) in [4.78, 5) is 6.61. The van der Waals surface area contributed by atoms with Crippen LogP contribution in [0.15, 0.2) is 42.7 Å². The Morgan fingerprint density at radius 3 is 3.00 bits per heavy atom. The van der Waals surface area contributed by atoms with E-state index in [1.165, 1.54) is 10.9 Å². The Morgan fingerprint density at radius 1 is 1.20 bits per heavy atom. The number of benzene rings is 1. The van der Waals surface area contributed by atoms with Crippen LogP contribution in [-0.2, 0) is 19.6 Å². The Labute approximate surface area is 146 Å². The zero-order chi connectivity index (χ0) is 17.2. The summed E-state index contributed by atoms with van der Waals surface area (Å²) in [5, 5.41) is 25.8. The van der Waals surface area contributed by atoms with Crippen LogP contribution >= 0.6 is 0 Å². The van der Waals surface area contributed by atoms with E-state index in [1.54, 1.807) is 0 Å². The summed E-state index contributed by atoms with van der Waals surface area (Å²) in [7, 11) is 0. The summed E-state index contributed by atoms with van der Waals surface area (Å²) in [5.74, 6) is 0. The molecule has 0 amide bonds. The monoisotopic (exact) mass is 338 g/mol. The van der Waals surface area contributed by atoms with E-state index >= 15 is 0 Å². The van der Waals surface area contributed by atoms with E-state index in [9.17, 15) is 5.11 Å². The van der Waals surface area contributed by atoms with Crippen molar-refractivity contribution in [2.24, 2.45) is 0 Å². The Kier molecular flexibility index (Phi) is 4.48. The average Bonchev–Trinajstić information content (AvgIpc) is 2.94. The summed E-state index contributed by atoms with van der Waals surface area (Å²) >= 11 is 0. The van der Waals surface area contributed by atoms with Crippen LogP contribution in [0.5, 0.6) is 0 Å². The Morgan fingerprint density at radius 2 is 2.12 bits per heavy atom. The normalized spacial score (nSPS) is 16.6. The Hall–Kier alpha value is -2.28. The third-order valence-electron chi connectivity index (χ3n) is 4.79. The van der Waals surface area contributed by atoms with E-state index in [4.69, 9.17) is 5.11 Å². The molecular weight excluding hydrogens is 316 g/mol. The Bertz CT molecular complexity index is 871. The van der Waals surface area contributed by atoms with Gasteiger partial charge in [0.05, 0.1) is 18.0 Å². The maximum absolute atomic E-state index is 9.82. The van der Waals surface area contributed by atoms with Crippen molar-refractivity contribution in [3.05, 3.63) is 59.7 Å². The zero-order valence-corrected chi connectivity index (χ0v) is 14.0. The number of nitrogens with zero attached hydrogens (tertiary/aromatic N) is 4. The van der Waals surface area contributed by atoms with E-state index in [0.717, 1.165) is 43.7 Å². The van der Waals surface area contributed by atoms with Crippen molar-refractivity contribution in [1.29, 1.82) is 0 Å². The van der Waals surface area contributed by atoms with Gasteiger partial charge in [0, 0.05) is 44.0 Å². The quantitative estimate of drug-likeness (QED) is 0.760. The lowest BCUT2D eigenvalue weighted by molar-refractivity contribution is 0.0916. The molecule has 25 heavy (non-hydrogen) atoms. The first kappa shape index (κ1) is 16.2. The molecule has 4 rings (SSSR count). The van der Waals surface area contributed by atoms with Crippen molar-refractivity contribution in [2.75, 3.05) is 13.2 Å². The van der Waals surface area contributed by atoms with E-state index in [1.807, 2.05) is 23.1 Å². The van der Waals surface area contributed by atoms with Gasteiger partial charge in [0.25, 0.3) is 0 Å². The number of aryl methyl sites for hydroxylation is 1. The third-order valence-corrected chi connectivity index (χ3v) is 4.79. The minimum Gasteiger partial charge on any atom is -0.393 e. The molecule has 0 unspecified atom stereocenters. The fraction of sp³-hybridized carbons (Fsp3) is 0.368. The van der Waals surface area contributed by atoms with Crippen LogP contribution in [0.4, 0.5) is 0 Å². The first-order valence-corrected chi connectivity index (χ1v) is 8.64. The summed E-state index contributed by atoms with van der Waals surface area (Å²) < 4.78 is 1.96. The van der Waals surface area contributed by atoms with Crippen LogP contribution in [0, 0.1) is 0 Å². The van der Waals surface area contributed by atoms with Crippen LogP contribution in [0.25, 0.3) is 10.8 Å². The highest BCUT2D eigenvalue weighted by molar-refractivity contribution is 5.84. The van der Waals surface area contributed by atoms with E-state index in [2.05, 4.69) is 39.2 Å². The highest BCUT2D eigenvalue weighted by Crippen LogP contribution is 2.22. The van der Waals surface area contributed by atoms with E-state index in [0.29, 0.717) is 5.69 Å². The number of rotatable bonds is 4. The number of aliphatic hydroxyl groups is 2. The summed E-state index contributed by atoms with van der Waals surface area (Å²) in [6.07, 6.45) is 3.85. The van der Waals surface area contributed by atoms with Crippen LogP contribution < -0.4 is 0 Å². The van der Waals surface area contributed by atoms with Gasteiger partial charge in [-0.15, -0.1) is 0 Å². The van der Waals surface area contributed by atoms with Gasteiger partial charge >= 0.3 is 0 Å². The van der Waals surface area contributed by atoms with Crippen molar-refractivity contribution in [1.82, 2.24) is 19.7 Å². The molecular formula is C19H22N4O2. The van der Waals surface area contributed by atoms with Crippen LogP contribution in [-0.4, -0.2) is 43.0 Å². The van der Waals surface area contributed by atoms with Crippen molar-refractivity contribution in [3.63, 3.8) is 0 Å². The lowest BCUT2D eigenvalue weighted by Crippen LogP contribution is -2.22. The van der Waals surface area contributed by atoms with Crippen molar-refractivity contribution in [2.45, 2.75) is 32.2 Å². The van der Waals surface area contributed by atoms with Gasteiger partial charge in [-0.25, -0.2) is 0 Å². The maximum atomic E-state index is 9.82. The predicted octanol–water partition coefficient (Wildman–Crippen LogP) is 1.86. The molecule has 0 aliphatic carbocycles. The Balaban J connectivity index is 1.58. The molecule has 1 aliphatic heterocycles. The lowest BCUT2D eigenvalue weighted by atomic mass is 10.1. The van der Waals surface area contributed by atoms with Gasteiger partial charge in [-0.3, -0.25) is 14.6 Å². The van der Waals surface area contributed by atoms with Gasteiger partial charge in [-0.2, -0.15) is 5.10 Å². The zero-order valence-electron chi connectivity index (χ0n) is 14.0. The smallest absolute Gasteiger partial charge is 0.121 e. The summed E-state index contributed by atoms with van der Waals surface area (Å²) in [6, 6.07) is 10.3. The number of aromatic nitrogens is 3. The molecule has 0 spiro atoms. The van der Waals surface area contributed by atoms with E-state index < -0.39 is 6.10 Å². The van der Waals surface area contributed by atoms with Crippen molar-refractivity contribution < 1.29 is 10.2 Å². The minimum absolute atomic E-state index is 0.301. The highest BCUT2D eigenvalue weighted by Gasteiger charge is 2.20. The van der Waals surface area contributed by atoms with Crippen LogP contribution in [0.2, 0.25) is 0 Å². The SMILES string of the molecule is OC[C@H](O)c1cc2n(n1)CCCN(Cc1cccc3cnccc13)C2. The molecule has 1 atom stereocenters. The van der Waals surface area contributed by atoms with Gasteiger partial charge in [-0.05, 0) is 29.5 Å². The standard InChI is InChI=1S/C19H22N4O2/c24-13-19(25)18-9-16-12-22(7-2-8-23(16)21-18)11-15-4-1-3-14-10-20-6-5-17(14)15/h1,3-6,9-10,19,24-25H,2,7-8,11-13H2/t19-/m0/s1. The second kappa shape index (κ2) is 6.92. The molecule has 0 radical (unpaired) electrons. The second-order valence-electron chi connectivity index (χ2n) is 6.56. The number of hydrogen-bond donors (Lipinski definition) is 2. The first-order valence-electron chi connectivity index (χ1n) is 8.64. The van der Waals surface area contributed by atoms with Gasteiger partial charge in [0.15, 0.2) is 0 Å². The van der Waals surface area contributed by atoms with Gasteiger partial charge in [0.2, 0.25) is 0 Å². The molecule has 130 valence electrons. The molecule has 3 heterocycles. The molecule has 6 heteroatoms. The molecule has 0 fully saturated rings. The fourth-order valence-corrected chi connectivity index (χ4v) is 3.51. The predicted molar refractivity (Wildman–Crippen MR) is 94.7 cm³/mol. The second-order valence-corrected chi connectivity index (χ2v) is 6.56. The number of hydrogen-bond acceptors (Lipinski definition) is 5. The third kappa shape index (κ3) is 3.28. The topological polar surface area (TPSA) is 74.4 Å². The van der Waals surface area contributed by atoms with Crippen molar-refractivity contribution in [3.8, 4) is 0 Å². The van der Waals surface area contributed by atoms with Crippen LogP contribution in [0.3, 0.4) is 0 Å². The molecule has 1 aromatic carbocycles. The number of fused-ring (bicyclic) bond motifs is 2. The lowest BCUT2D eigenvalue weighted by Gasteiger charge is -2.20. The minimum atomic E-state index is -0.904. The molecule has 3 aromatic rings.